The molecule has 0 spiro atoms. The summed E-state index contributed by atoms with van der Waals surface area (Å²) in [6.07, 6.45) is 2.02. The lowest BCUT2D eigenvalue weighted by atomic mass is 10.1. The molecule has 2 N–H and O–H groups in total. The second kappa shape index (κ2) is 4.83. The molecule has 0 aliphatic carbocycles. The Balaban J connectivity index is 2.20. The van der Waals surface area contributed by atoms with Crippen LogP contribution in [0, 0.1) is 11.3 Å². The quantitative estimate of drug-likeness (QED) is 0.491. The van der Waals surface area contributed by atoms with Crippen LogP contribution in [0.15, 0.2) is 34.9 Å². The van der Waals surface area contributed by atoms with Crippen LogP contribution >= 0.6 is 0 Å². The van der Waals surface area contributed by atoms with E-state index in [0.717, 1.165) is 5.39 Å². The molecule has 5 heteroatoms. The topological polar surface area (TPSA) is 83.2 Å². The van der Waals surface area contributed by atoms with Crippen molar-refractivity contribution < 1.29 is 14.0 Å². The summed E-state index contributed by atoms with van der Waals surface area (Å²) in [5, 5.41) is 10.9. The van der Waals surface area contributed by atoms with E-state index >= 15 is 0 Å². The number of furan rings is 1. The van der Waals surface area contributed by atoms with Gasteiger partial charge in [-0.25, -0.2) is 0 Å². The van der Waals surface area contributed by atoms with E-state index in [4.69, 9.17) is 9.83 Å². The van der Waals surface area contributed by atoms with Gasteiger partial charge in [0.15, 0.2) is 0 Å². The smallest absolute Gasteiger partial charge is 0.240 e. The zero-order valence-corrected chi connectivity index (χ0v) is 9.77. The van der Waals surface area contributed by atoms with Crippen molar-refractivity contribution in [2.75, 3.05) is 5.32 Å². The summed E-state index contributed by atoms with van der Waals surface area (Å²) < 4.78 is 5.21. The van der Waals surface area contributed by atoms with Crippen LogP contribution in [0.2, 0.25) is 0 Å². The van der Waals surface area contributed by atoms with E-state index in [-0.39, 0.29) is 5.71 Å². The zero-order valence-electron chi connectivity index (χ0n) is 9.77. The van der Waals surface area contributed by atoms with Gasteiger partial charge in [-0.1, -0.05) is 0 Å². The molecule has 0 radical (unpaired) electrons. The minimum absolute atomic E-state index is 0.0153. The largest absolute Gasteiger partial charge is 0.464 e. The lowest BCUT2D eigenvalue weighted by Crippen LogP contribution is -2.28. The first-order valence-corrected chi connectivity index (χ1v) is 5.40. The van der Waals surface area contributed by atoms with Crippen LogP contribution in [-0.4, -0.2) is 17.9 Å². The Kier molecular flexibility index (Phi) is 3.23. The van der Waals surface area contributed by atoms with Crippen LogP contribution < -0.4 is 5.32 Å². The monoisotopic (exact) mass is 244 g/mol. The van der Waals surface area contributed by atoms with E-state index in [9.17, 15) is 9.59 Å². The Hall–Kier alpha value is -2.43. The predicted molar refractivity (Wildman–Crippen MR) is 67.8 cm³/mol. The molecule has 0 bridgehead atoms. The highest BCUT2D eigenvalue weighted by Crippen LogP contribution is 2.20. The first kappa shape index (κ1) is 12.0. The highest BCUT2D eigenvalue weighted by atomic mass is 16.3. The second-order valence-electron chi connectivity index (χ2n) is 3.96. The molecule has 92 valence electrons. The maximum atomic E-state index is 11.7. The molecule has 0 aliphatic heterocycles. The van der Waals surface area contributed by atoms with Gasteiger partial charge in [0.2, 0.25) is 5.91 Å². The standard InChI is InChI=1S/C13H12N2O3/c1-8(14)11(7-16)13(17)15-10-3-2-9-4-5-18-12(9)6-10/h2-7,11,14H,1H3,(H,15,17). The molecule has 1 aromatic heterocycles. The normalized spacial score (nSPS) is 12.1. The van der Waals surface area contributed by atoms with Crippen molar-refractivity contribution in [3.63, 3.8) is 0 Å². The van der Waals surface area contributed by atoms with Gasteiger partial charge in [0.25, 0.3) is 0 Å². The van der Waals surface area contributed by atoms with E-state index in [0.29, 0.717) is 17.6 Å². The van der Waals surface area contributed by atoms with E-state index in [1.807, 2.05) is 12.1 Å². The first-order chi connectivity index (χ1) is 8.61. The molecule has 1 heterocycles. The molecule has 2 rings (SSSR count). The number of fused-ring (bicyclic) bond motifs is 1. The number of hydrogen-bond donors (Lipinski definition) is 2. The fourth-order valence-electron chi connectivity index (χ4n) is 1.61. The SMILES string of the molecule is CC(=N)C(C=O)C(=O)Nc1ccc2ccoc2c1. The first-order valence-electron chi connectivity index (χ1n) is 5.40. The molecule has 0 aliphatic rings. The third-order valence-corrected chi connectivity index (χ3v) is 2.61. The molecule has 1 unspecified atom stereocenters. The predicted octanol–water partition coefficient (Wildman–Crippen LogP) is 2.23. The third-order valence-electron chi connectivity index (χ3n) is 2.61. The Morgan fingerprint density at radius 2 is 2.22 bits per heavy atom. The van der Waals surface area contributed by atoms with Crippen molar-refractivity contribution in [1.82, 2.24) is 0 Å². The number of carbonyl (C=O) groups excluding carboxylic acids is 2. The molecule has 5 nitrogen and oxygen atoms in total. The van der Waals surface area contributed by atoms with Crippen LogP contribution in [0.25, 0.3) is 11.0 Å². The Bertz CT molecular complexity index is 615. The van der Waals surface area contributed by atoms with Gasteiger partial charge in [0, 0.05) is 22.9 Å². The summed E-state index contributed by atoms with van der Waals surface area (Å²) in [6.45, 7) is 1.42. The molecule has 1 amide bonds. The summed E-state index contributed by atoms with van der Waals surface area (Å²) in [4.78, 5) is 22.5. The number of benzene rings is 1. The highest BCUT2D eigenvalue weighted by Gasteiger charge is 2.19. The van der Waals surface area contributed by atoms with Crippen LogP contribution in [-0.2, 0) is 9.59 Å². The fourth-order valence-corrected chi connectivity index (χ4v) is 1.61. The van der Waals surface area contributed by atoms with Crippen molar-refractivity contribution in [3.8, 4) is 0 Å². The molecule has 1 aromatic carbocycles. The average molecular weight is 244 g/mol. The van der Waals surface area contributed by atoms with E-state index < -0.39 is 11.8 Å². The number of amides is 1. The number of nitrogens with one attached hydrogen (secondary N) is 2. The Morgan fingerprint density at radius 1 is 1.44 bits per heavy atom. The van der Waals surface area contributed by atoms with Gasteiger partial charge < -0.3 is 19.9 Å². The minimum Gasteiger partial charge on any atom is -0.464 e. The summed E-state index contributed by atoms with van der Waals surface area (Å²) in [6, 6.07) is 7.02. The molecule has 18 heavy (non-hydrogen) atoms. The van der Waals surface area contributed by atoms with Crippen LogP contribution in [0.3, 0.4) is 0 Å². The summed E-state index contributed by atoms with van der Waals surface area (Å²) in [5.74, 6) is -1.55. The summed E-state index contributed by atoms with van der Waals surface area (Å²) >= 11 is 0. The molecule has 2 aromatic rings. The number of rotatable bonds is 4. The number of carbonyl (C=O) groups is 2. The van der Waals surface area contributed by atoms with Gasteiger partial charge in [-0.3, -0.25) is 4.79 Å². The fraction of sp³-hybridized carbons (Fsp3) is 0.154. The number of hydrogen-bond acceptors (Lipinski definition) is 4. The van der Waals surface area contributed by atoms with Gasteiger partial charge in [-0.2, -0.15) is 0 Å². The van der Waals surface area contributed by atoms with Gasteiger partial charge in [-0.05, 0) is 25.1 Å². The van der Waals surface area contributed by atoms with Gasteiger partial charge in [0.1, 0.15) is 17.8 Å². The van der Waals surface area contributed by atoms with Crippen LogP contribution in [0.1, 0.15) is 6.92 Å². The zero-order chi connectivity index (χ0) is 13.1. The maximum Gasteiger partial charge on any atom is 0.240 e. The van der Waals surface area contributed by atoms with Crippen molar-refractivity contribution in [3.05, 3.63) is 30.5 Å². The van der Waals surface area contributed by atoms with E-state index in [1.54, 1.807) is 18.4 Å². The minimum atomic E-state index is -1.04. The van der Waals surface area contributed by atoms with Crippen molar-refractivity contribution >= 4 is 34.6 Å². The van der Waals surface area contributed by atoms with Crippen molar-refractivity contribution in [1.29, 1.82) is 5.41 Å². The average Bonchev–Trinajstić information content (AvgIpc) is 2.76. The Labute approximate surface area is 103 Å². The van der Waals surface area contributed by atoms with Crippen molar-refractivity contribution in [2.45, 2.75) is 6.92 Å². The third kappa shape index (κ3) is 2.29. The summed E-state index contributed by atoms with van der Waals surface area (Å²) in [5.41, 5.74) is 1.21. The van der Waals surface area contributed by atoms with Crippen molar-refractivity contribution in [2.24, 2.45) is 5.92 Å². The van der Waals surface area contributed by atoms with Crippen LogP contribution in [0.4, 0.5) is 5.69 Å². The molecule has 1 atom stereocenters. The molecule has 0 saturated heterocycles. The lowest BCUT2D eigenvalue weighted by molar-refractivity contribution is -0.122. The maximum absolute atomic E-state index is 11.7. The Morgan fingerprint density at radius 3 is 2.89 bits per heavy atom. The van der Waals surface area contributed by atoms with E-state index in [1.165, 1.54) is 6.92 Å². The highest BCUT2D eigenvalue weighted by molar-refractivity contribution is 6.17. The van der Waals surface area contributed by atoms with Gasteiger partial charge in [0.05, 0.1) is 6.26 Å². The lowest BCUT2D eigenvalue weighted by Gasteiger charge is -2.09. The molecular weight excluding hydrogens is 232 g/mol. The molecular formula is C13H12N2O3. The molecule has 0 saturated carbocycles. The summed E-state index contributed by atoms with van der Waals surface area (Å²) in [7, 11) is 0. The second-order valence-corrected chi connectivity index (χ2v) is 3.96. The van der Waals surface area contributed by atoms with Gasteiger partial charge in [-0.15, -0.1) is 0 Å². The number of anilines is 1. The van der Waals surface area contributed by atoms with E-state index in [2.05, 4.69) is 5.32 Å². The molecule has 0 fully saturated rings. The van der Waals surface area contributed by atoms with Crippen LogP contribution in [0.5, 0.6) is 0 Å². The number of aldehydes is 1. The van der Waals surface area contributed by atoms with Gasteiger partial charge >= 0.3 is 0 Å².